The van der Waals surface area contributed by atoms with Crippen LogP contribution in [-0.4, -0.2) is 11.7 Å². The van der Waals surface area contributed by atoms with E-state index in [1.54, 1.807) is 0 Å². The molecule has 1 aliphatic carbocycles. The minimum Gasteiger partial charge on any atom is -0.326 e. The number of Topliss-reactive ketones (excluding diaryl/α,β-unsaturated/α-hetero) is 1. The predicted octanol–water partition coefficient (Wildman–Crippen LogP) is 2.40. The molecule has 0 saturated carbocycles. The third kappa shape index (κ3) is 2.73. The summed E-state index contributed by atoms with van der Waals surface area (Å²) in [6.45, 7) is 3.47. The molecule has 0 radical (unpaired) electrons. The van der Waals surface area contributed by atoms with Crippen molar-refractivity contribution in [3.63, 3.8) is 0 Å². The highest BCUT2D eigenvalue weighted by molar-refractivity contribution is 5.90. The second-order valence-electron chi connectivity index (χ2n) is 4.69. The van der Waals surface area contributed by atoms with E-state index < -0.39 is 0 Å². The van der Waals surface area contributed by atoms with E-state index in [2.05, 4.69) is 5.32 Å². The van der Waals surface area contributed by atoms with Crippen LogP contribution in [0.2, 0.25) is 0 Å². The summed E-state index contributed by atoms with van der Waals surface area (Å²) in [7, 11) is 0. The minimum absolute atomic E-state index is 0.0576. The molecular formula is C14H17NO2. The van der Waals surface area contributed by atoms with Gasteiger partial charge in [-0.25, -0.2) is 0 Å². The Morgan fingerprint density at radius 1 is 1.24 bits per heavy atom. The van der Waals surface area contributed by atoms with E-state index in [1.807, 2.05) is 19.1 Å². The summed E-state index contributed by atoms with van der Waals surface area (Å²) in [6.07, 6.45) is 3.04. The SMILES string of the molecule is CC(=O)Nc1cc2c(cc1C)CC(=O)CCC2. The van der Waals surface area contributed by atoms with Gasteiger partial charge in [-0.15, -0.1) is 0 Å². The number of aryl methyl sites for hydroxylation is 2. The fraction of sp³-hybridized carbons (Fsp3) is 0.429. The molecule has 0 atom stereocenters. The molecule has 3 nitrogen and oxygen atoms in total. The van der Waals surface area contributed by atoms with Crippen LogP contribution in [0.25, 0.3) is 0 Å². The van der Waals surface area contributed by atoms with Gasteiger partial charge < -0.3 is 5.32 Å². The van der Waals surface area contributed by atoms with Crippen molar-refractivity contribution in [3.8, 4) is 0 Å². The van der Waals surface area contributed by atoms with E-state index in [-0.39, 0.29) is 5.91 Å². The van der Waals surface area contributed by atoms with Gasteiger partial charge in [0, 0.05) is 25.5 Å². The molecular weight excluding hydrogens is 214 g/mol. The highest BCUT2D eigenvalue weighted by Gasteiger charge is 2.15. The lowest BCUT2D eigenvalue weighted by atomic mass is 9.99. The quantitative estimate of drug-likeness (QED) is 0.754. The predicted molar refractivity (Wildman–Crippen MR) is 67.1 cm³/mol. The lowest BCUT2D eigenvalue weighted by Gasteiger charge is -2.12. The zero-order chi connectivity index (χ0) is 12.4. The largest absolute Gasteiger partial charge is 0.326 e. The van der Waals surface area contributed by atoms with Crippen LogP contribution in [0.5, 0.6) is 0 Å². The minimum atomic E-state index is -0.0576. The summed E-state index contributed by atoms with van der Waals surface area (Å²) in [6, 6.07) is 4.05. The van der Waals surface area contributed by atoms with Gasteiger partial charge in [-0.05, 0) is 42.5 Å². The molecule has 1 aliphatic rings. The van der Waals surface area contributed by atoms with Gasteiger partial charge in [0.15, 0.2) is 0 Å². The smallest absolute Gasteiger partial charge is 0.221 e. The van der Waals surface area contributed by atoms with E-state index in [4.69, 9.17) is 0 Å². The molecule has 3 heteroatoms. The van der Waals surface area contributed by atoms with Crippen LogP contribution in [0.3, 0.4) is 0 Å². The van der Waals surface area contributed by atoms with Crippen LogP contribution in [0, 0.1) is 6.92 Å². The van der Waals surface area contributed by atoms with Crippen LogP contribution in [0.15, 0.2) is 12.1 Å². The van der Waals surface area contributed by atoms with E-state index in [1.165, 1.54) is 12.5 Å². The topological polar surface area (TPSA) is 46.2 Å². The highest BCUT2D eigenvalue weighted by Crippen LogP contribution is 2.25. The van der Waals surface area contributed by atoms with Gasteiger partial charge in [0.05, 0.1) is 0 Å². The number of benzene rings is 1. The molecule has 0 aromatic heterocycles. The van der Waals surface area contributed by atoms with Crippen LogP contribution in [0.4, 0.5) is 5.69 Å². The molecule has 1 N–H and O–H groups in total. The summed E-state index contributed by atoms with van der Waals surface area (Å²) in [4.78, 5) is 22.6. The first kappa shape index (κ1) is 11.8. The van der Waals surface area contributed by atoms with Crippen molar-refractivity contribution in [2.24, 2.45) is 0 Å². The number of fused-ring (bicyclic) bond motifs is 1. The van der Waals surface area contributed by atoms with Gasteiger partial charge >= 0.3 is 0 Å². The molecule has 0 unspecified atom stereocenters. The summed E-state index contributed by atoms with van der Waals surface area (Å²) in [5.41, 5.74) is 4.21. The van der Waals surface area contributed by atoms with Crippen molar-refractivity contribution in [2.45, 2.75) is 39.5 Å². The zero-order valence-corrected chi connectivity index (χ0v) is 10.3. The standard InChI is InChI=1S/C14H17NO2/c1-9-6-12-7-13(17)5-3-4-11(12)8-14(9)15-10(2)16/h6,8H,3-5,7H2,1-2H3,(H,15,16). The molecule has 0 aliphatic heterocycles. The monoisotopic (exact) mass is 231 g/mol. The number of amides is 1. The number of ketones is 1. The Hall–Kier alpha value is -1.64. The lowest BCUT2D eigenvalue weighted by Crippen LogP contribution is -2.09. The van der Waals surface area contributed by atoms with Crippen molar-refractivity contribution in [1.29, 1.82) is 0 Å². The Bertz CT molecular complexity index is 477. The molecule has 17 heavy (non-hydrogen) atoms. The first-order chi connectivity index (χ1) is 8.06. The summed E-state index contributed by atoms with van der Waals surface area (Å²) in [5.74, 6) is 0.258. The average molecular weight is 231 g/mol. The molecule has 1 aromatic carbocycles. The normalized spacial score (nSPS) is 15.1. The van der Waals surface area contributed by atoms with Gasteiger partial charge in [-0.1, -0.05) is 6.07 Å². The number of nitrogens with one attached hydrogen (secondary N) is 1. The fourth-order valence-corrected chi connectivity index (χ4v) is 2.31. The molecule has 90 valence electrons. The number of rotatable bonds is 1. The van der Waals surface area contributed by atoms with Crippen LogP contribution >= 0.6 is 0 Å². The van der Waals surface area contributed by atoms with Gasteiger partial charge in [-0.2, -0.15) is 0 Å². The molecule has 0 bridgehead atoms. The van der Waals surface area contributed by atoms with Gasteiger partial charge in [-0.3, -0.25) is 9.59 Å². The average Bonchev–Trinajstić information content (AvgIpc) is 2.39. The highest BCUT2D eigenvalue weighted by atomic mass is 16.1. The Labute approximate surface area is 101 Å². The molecule has 1 amide bonds. The van der Waals surface area contributed by atoms with E-state index in [9.17, 15) is 9.59 Å². The third-order valence-corrected chi connectivity index (χ3v) is 3.15. The Morgan fingerprint density at radius 3 is 2.71 bits per heavy atom. The first-order valence-electron chi connectivity index (χ1n) is 5.98. The number of carbonyl (C=O) groups is 2. The Balaban J connectivity index is 2.38. The van der Waals surface area contributed by atoms with Crippen molar-refractivity contribution in [3.05, 3.63) is 28.8 Å². The first-order valence-corrected chi connectivity index (χ1v) is 5.98. The fourth-order valence-electron chi connectivity index (χ4n) is 2.31. The Morgan fingerprint density at radius 2 is 2.00 bits per heavy atom. The second-order valence-corrected chi connectivity index (χ2v) is 4.69. The van der Waals surface area contributed by atoms with Gasteiger partial charge in [0.25, 0.3) is 0 Å². The molecule has 0 spiro atoms. The van der Waals surface area contributed by atoms with Gasteiger partial charge in [0.1, 0.15) is 5.78 Å². The molecule has 0 heterocycles. The molecule has 0 saturated heterocycles. The molecule has 0 fully saturated rings. The number of hydrogen-bond donors (Lipinski definition) is 1. The van der Waals surface area contributed by atoms with Crippen LogP contribution < -0.4 is 5.32 Å². The summed E-state index contributed by atoms with van der Waals surface area (Å²) in [5, 5.41) is 2.83. The zero-order valence-electron chi connectivity index (χ0n) is 10.3. The van der Waals surface area contributed by atoms with Crippen molar-refractivity contribution < 1.29 is 9.59 Å². The van der Waals surface area contributed by atoms with E-state index in [0.717, 1.165) is 29.7 Å². The Kier molecular flexibility index (Phi) is 3.27. The molecule has 2 rings (SSSR count). The number of hydrogen-bond acceptors (Lipinski definition) is 2. The molecule has 1 aromatic rings. The van der Waals surface area contributed by atoms with Crippen molar-refractivity contribution in [1.82, 2.24) is 0 Å². The van der Waals surface area contributed by atoms with E-state index in [0.29, 0.717) is 18.6 Å². The second kappa shape index (κ2) is 4.70. The maximum atomic E-state index is 11.6. The number of anilines is 1. The van der Waals surface area contributed by atoms with Crippen molar-refractivity contribution >= 4 is 17.4 Å². The maximum Gasteiger partial charge on any atom is 0.221 e. The van der Waals surface area contributed by atoms with Crippen LogP contribution in [0.1, 0.15) is 36.5 Å². The van der Waals surface area contributed by atoms with Crippen LogP contribution in [-0.2, 0) is 22.4 Å². The van der Waals surface area contributed by atoms with E-state index >= 15 is 0 Å². The maximum absolute atomic E-state index is 11.6. The van der Waals surface area contributed by atoms with Gasteiger partial charge in [0.2, 0.25) is 5.91 Å². The van der Waals surface area contributed by atoms with Crippen molar-refractivity contribution in [2.75, 3.05) is 5.32 Å². The summed E-state index contributed by atoms with van der Waals surface area (Å²) >= 11 is 0. The lowest BCUT2D eigenvalue weighted by molar-refractivity contribution is -0.118. The summed E-state index contributed by atoms with van der Waals surface area (Å²) < 4.78 is 0. The number of carbonyl (C=O) groups excluding carboxylic acids is 2. The third-order valence-electron chi connectivity index (χ3n) is 3.15.